The van der Waals surface area contributed by atoms with Crippen LogP contribution in [0.2, 0.25) is 0 Å². The van der Waals surface area contributed by atoms with Gasteiger partial charge in [0.05, 0.1) is 30.3 Å². The van der Waals surface area contributed by atoms with Gasteiger partial charge in [0, 0.05) is 79.7 Å². The molecule has 2 saturated heterocycles. The number of carbonyl (C=O) groups is 9. The number of hydrogen-bond donors (Lipinski definition) is 6. The molecule has 19 heteroatoms. The van der Waals surface area contributed by atoms with Crippen molar-refractivity contribution < 1.29 is 52.6 Å². The highest BCUT2D eigenvalue weighted by Gasteiger charge is 2.50. The summed E-state index contributed by atoms with van der Waals surface area (Å²) in [4.78, 5) is 123. The van der Waals surface area contributed by atoms with Gasteiger partial charge in [-0.1, -0.05) is 142 Å². The van der Waals surface area contributed by atoms with E-state index in [1.807, 2.05) is 66.7 Å². The number of likely N-dealkylation sites (tertiary alicyclic amines) is 2. The summed E-state index contributed by atoms with van der Waals surface area (Å²) in [6.45, 7) is 5.51. The number of ether oxygens (including phenoxy) is 2. The molecule has 8 amide bonds. The van der Waals surface area contributed by atoms with E-state index in [2.05, 4.69) is 56.2 Å². The van der Waals surface area contributed by atoms with Gasteiger partial charge in [-0.3, -0.25) is 38.4 Å². The van der Waals surface area contributed by atoms with Crippen LogP contribution in [0.3, 0.4) is 0 Å². The van der Waals surface area contributed by atoms with Crippen LogP contribution in [0.25, 0.3) is 0 Å². The lowest BCUT2D eigenvalue weighted by Gasteiger charge is -2.19. The lowest BCUT2D eigenvalue weighted by molar-refractivity contribution is -0.144. The summed E-state index contributed by atoms with van der Waals surface area (Å²) >= 11 is 0. The van der Waals surface area contributed by atoms with Gasteiger partial charge in [-0.2, -0.15) is 0 Å². The molecule has 2 heterocycles. The molecule has 0 spiro atoms. The molecular formula is C68H86N8O11. The molecule has 0 radical (unpaired) electrons. The van der Waals surface area contributed by atoms with Crippen molar-refractivity contribution in [2.75, 3.05) is 52.4 Å². The molecule has 5 aliphatic rings. The zero-order valence-electron chi connectivity index (χ0n) is 50.5. The molecule has 464 valence electrons. The van der Waals surface area contributed by atoms with E-state index in [1.165, 1.54) is 0 Å². The molecule has 9 rings (SSSR count). The third kappa shape index (κ3) is 18.5. The average molecular weight is 1190 g/mol. The summed E-state index contributed by atoms with van der Waals surface area (Å²) in [5.41, 5.74) is 3.36. The van der Waals surface area contributed by atoms with Crippen LogP contribution in [0.5, 0.6) is 0 Å². The Kier molecular flexibility index (Phi) is 21.9. The van der Waals surface area contributed by atoms with E-state index in [0.717, 1.165) is 100 Å². The summed E-state index contributed by atoms with van der Waals surface area (Å²) in [7, 11) is 0. The maximum atomic E-state index is 14.3. The van der Waals surface area contributed by atoms with Gasteiger partial charge in [0.2, 0.25) is 29.5 Å². The molecule has 6 N–H and O–H groups in total. The molecule has 0 bridgehead atoms. The van der Waals surface area contributed by atoms with Gasteiger partial charge in [0.25, 0.3) is 11.8 Å². The summed E-state index contributed by atoms with van der Waals surface area (Å²) in [5.74, 6) is -5.24. The third-order valence-corrected chi connectivity index (χ3v) is 17.3. The predicted octanol–water partition coefficient (Wildman–Crippen LogP) is 7.28. The molecule has 4 aromatic rings. The van der Waals surface area contributed by atoms with Crippen molar-refractivity contribution in [3.05, 3.63) is 143 Å². The first-order valence-corrected chi connectivity index (χ1v) is 31.4. The van der Waals surface area contributed by atoms with E-state index in [-0.39, 0.29) is 117 Å². The Hall–Kier alpha value is -8.09. The Labute approximate surface area is 510 Å². The first kappa shape index (κ1) is 63.4. The average Bonchev–Trinajstić information content (AvgIpc) is 2.42. The highest BCUT2D eigenvalue weighted by atomic mass is 16.6. The highest BCUT2D eigenvalue weighted by Crippen LogP contribution is 2.44. The topological polar surface area (TPSA) is 251 Å². The molecule has 5 fully saturated rings. The van der Waals surface area contributed by atoms with E-state index in [9.17, 15) is 43.2 Å². The number of nitrogens with zero attached hydrogens (tertiary/aromatic N) is 2. The zero-order valence-corrected chi connectivity index (χ0v) is 50.5. The quantitative estimate of drug-likeness (QED) is 0.0233. The third-order valence-electron chi connectivity index (χ3n) is 17.3. The molecule has 3 aliphatic carbocycles. The fraction of sp³-hybridized carbons (Fsp3) is 0.515. The fourth-order valence-corrected chi connectivity index (χ4v) is 12.2. The van der Waals surface area contributed by atoms with Gasteiger partial charge in [0.1, 0.15) is 18.7 Å². The Morgan fingerprint density at radius 2 is 0.805 bits per heavy atom. The van der Waals surface area contributed by atoms with Crippen LogP contribution in [0.4, 0.5) is 4.79 Å². The van der Waals surface area contributed by atoms with Crippen molar-refractivity contribution in [1.29, 1.82) is 0 Å². The SMILES string of the molecule is CC(C)(C)OC(=O)NCC(=O)NCC(=O)OCCCCCCCCCCCCNC(=O)[C@@H]1CN(C(=O)c2ccc(C(=O)N3C[C@@H](C(=O)N[C@H]4C[C@@H]4c4ccccc4)[C@H](C(=O)N[C@H]4C[C@@H]4c4ccccc4)C3)cc2)C[C@H]1C(=O)N[C@H]1C[C@@H]1c1ccccc1. The molecule has 87 heavy (non-hydrogen) atoms. The minimum absolute atomic E-state index is 0.0506. The van der Waals surface area contributed by atoms with Gasteiger partial charge in [-0.05, 0) is 93.8 Å². The molecule has 0 unspecified atom stereocenters. The van der Waals surface area contributed by atoms with Crippen molar-refractivity contribution in [1.82, 2.24) is 41.7 Å². The second-order valence-corrected chi connectivity index (χ2v) is 25.2. The minimum Gasteiger partial charge on any atom is -0.464 e. The van der Waals surface area contributed by atoms with Gasteiger partial charge in [0.15, 0.2) is 0 Å². The molecule has 19 nitrogen and oxygen atoms in total. The van der Waals surface area contributed by atoms with E-state index in [1.54, 1.807) is 54.8 Å². The molecule has 10 atom stereocenters. The first-order valence-electron chi connectivity index (χ1n) is 31.4. The minimum atomic E-state index is -0.762. The molecule has 2 aliphatic heterocycles. The number of carbonyl (C=O) groups excluding carboxylic acids is 9. The van der Waals surface area contributed by atoms with Crippen LogP contribution in [-0.4, -0.2) is 139 Å². The molecule has 4 aromatic carbocycles. The second kappa shape index (κ2) is 30.0. The van der Waals surface area contributed by atoms with Crippen molar-refractivity contribution in [3.63, 3.8) is 0 Å². The molecule has 0 aromatic heterocycles. The fourth-order valence-electron chi connectivity index (χ4n) is 12.2. The maximum Gasteiger partial charge on any atom is 0.408 e. The number of unbranched alkanes of at least 4 members (excludes halogenated alkanes) is 9. The van der Waals surface area contributed by atoms with Crippen molar-refractivity contribution in [3.8, 4) is 0 Å². The zero-order chi connectivity index (χ0) is 61.5. The number of rotatable bonds is 29. The van der Waals surface area contributed by atoms with Gasteiger partial charge in [-0.15, -0.1) is 0 Å². The van der Waals surface area contributed by atoms with Crippen LogP contribution in [-0.2, 0) is 38.2 Å². The lowest BCUT2D eigenvalue weighted by atomic mass is 9.94. The predicted molar refractivity (Wildman–Crippen MR) is 327 cm³/mol. The largest absolute Gasteiger partial charge is 0.464 e. The van der Waals surface area contributed by atoms with E-state index in [0.29, 0.717) is 17.7 Å². The Bertz CT molecular complexity index is 2960. The van der Waals surface area contributed by atoms with Crippen molar-refractivity contribution >= 4 is 53.4 Å². The lowest BCUT2D eigenvalue weighted by Crippen LogP contribution is -2.43. The monoisotopic (exact) mass is 1190 g/mol. The van der Waals surface area contributed by atoms with Gasteiger partial charge < -0.3 is 51.2 Å². The van der Waals surface area contributed by atoms with Crippen molar-refractivity contribution in [2.24, 2.45) is 23.7 Å². The Balaban J connectivity index is 0.711. The van der Waals surface area contributed by atoms with Crippen molar-refractivity contribution in [2.45, 2.75) is 146 Å². The smallest absolute Gasteiger partial charge is 0.408 e. The molecular weight excluding hydrogens is 1100 g/mol. The number of esters is 1. The maximum absolute atomic E-state index is 14.3. The van der Waals surface area contributed by atoms with Gasteiger partial charge >= 0.3 is 12.1 Å². The number of amides is 8. The number of hydrogen-bond acceptors (Lipinski definition) is 11. The molecule has 3 saturated carbocycles. The normalized spacial score (nSPS) is 23.3. The Morgan fingerprint density at radius 1 is 0.437 bits per heavy atom. The first-order chi connectivity index (χ1) is 42.0. The number of benzene rings is 4. The summed E-state index contributed by atoms with van der Waals surface area (Å²) in [6, 6.07) is 36.2. The standard InChI is InChI=1S/C68H86N8O11/c1-68(2,3)87-67(85)71-38-59(77)70-39-60(78)86-34-22-11-9-7-5-4-6-8-10-21-33-69-61(79)52-40-75(41-53(52)62(80)72-56-35-49(56)44-23-15-12-16-24-44)65(83)47-29-31-48(32-30-47)66(84)76-42-54(63(81)73-57-36-50(57)45-25-17-13-18-26-45)55(43-76)64(82)74-58-37-51(58)46-27-19-14-20-28-46/h12-20,23-32,49-58H,4-11,21-22,33-43H2,1-3H3,(H,69,79)(H,70,77)(H,71,85)(H,72,80)(H,73,81)(H,74,82)/t49-,50-,51-,52-,53-,54-,55-,56+,57+,58+/m1/s1. The van der Waals surface area contributed by atoms with Gasteiger partial charge in [-0.25, -0.2) is 4.79 Å². The van der Waals surface area contributed by atoms with Crippen LogP contribution >= 0.6 is 0 Å². The van der Waals surface area contributed by atoms with Crippen LogP contribution in [0.15, 0.2) is 115 Å². The van der Waals surface area contributed by atoms with E-state index in [4.69, 9.17) is 9.47 Å². The second-order valence-electron chi connectivity index (χ2n) is 25.2. The number of alkyl carbamates (subject to hydrolysis) is 1. The van der Waals surface area contributed by atoms with E-state index >= 15 is 0 Å². The van der Waals surface area contributed by atoms with Crippen LogP contribution in [0.1, 0.15) is 159 Å². The highest BCUT2D eigenvalue weighted by molar-refractivity contribution is 6.00. The summed E-state index contributed by atoms with van der Waals surface area (Å²) in [6.07, 6.45) is 11.4. The van der Waals surface area contributed by atoms with Crippen LogP contribution < -0.4 is 31.9 Å². The summed E-state index contributed by atoms with van der Waals surface area (Å²) in [5, 5.41) is 17.4. The van der Waals surface area contributed by atoms with Crippen LogP contribution in [0, 0.1) is 23.7 Å². The number of nitrogens with one attached hydrogen (secondary N) is 6. The summed E-state index contributed by atoms with van der Waals surface area (Å²) < 4.78 is 10.3. The van der Waals surface area contributed by atoms with E-state index < -0.39 is 47.2 Å². The Morgan fingerprint density at radius 3 is 1.20 bits per heavy atom.